The van der Waals surface area contributed by atoms with Crippen molar-refractivity contribution in [2.24, 2.45) is 5.92 Å². The fourth-order valence-electron chi connectivity index (χ4n) is 2.20. The Morgan fingerprint density at radius 1 is 1.44 bits per heavy atom. The minimum atomic E-state index is -0.128. The van der Waals surface area contributed by atoms with E-state index in [1.165, 1.54) is 0 Å². The summed E-state index contributed by atoms with van der Waals surface area (Å²) >= 11 is 6.07. The van der Waals surface area contributed by atoms with Gasteiger partial charge in [0.15, 0.2) is 5.78 Å². The summed E-state index contributed by atoms with van der Waals surface area (Å²) in [5.74, 6) is -0.0526. The molecule has 1 aliphatic heterocycles. The number of nitrogens with one attached hydrogen (secondary N) is 1. The number of benzene rings is 1. The van der Waals surface area contributed by atoms with Gasteiger partial charge in [0.2, 0.25) is 0 Å². The Kier molecular flexibility index (Phi) is 4.75. The third-order valence-corrected chi connectivity index (χ3v) is 3.54. The highest BCUT2D eigenvalue weighted by Crippen LogP contribution is 2.24. The number of hydrogen-bond donors (Lipinski definition) is 1. The highest BCUT2D eigenvalue weighted by Gasteiger charge is 2.34. The zero-order valence-corrected chi connectivity index (χ0v) is 11.2. The molecule has 18 heavy (non-hydrogen) atoms. The first kappa shape index (κ1) is 13.5. The van der Waals surface area contributed by atoms with Crippen LogP contribution in [0.25, 0.3) is 0 Å². The standard InChI is InChI=1S/C14H18ClNO2/c1-2-7-16-13-9-18-8-11(13)14(17)10-5-3-4-6-12(10)15/h3-6,11,13,16H,2,7-9H2,1H3. The maximum atomic E-state index is 12.4. The summed E-state index contributed by atoms with van der Waals surface area (Å²) in [6.45, 7) is 4.08. The van der Waals surface area contributed by atoms with Crippen LogP contribution >= 0.6 is 11.6 Å². The number of halogens is 1. The van der Waals surface area contributed by atoms with Crippen LogP contribution in [0.4, 0.5) is 0 Å². The molecular weight excluding hydrogens is 250 g/mol. The molecule has 1 aliphatic rings. The lowest BCUT2D eigenvalue weighted by Gasteiger charge is -2.18. The van der Waals surface area contributed by atoms with Gasteiger partial charge in [-0.1, -0.05) is 30.7 Å². The molecule has 0 saturated carbocycles. The van der Waals surface area contributed by atoms with Crippen molar-refractivity contribution in [1.29, 1.82) is 0 Å². The van der Waals surface area contributed by atoms with Gasteiger partial charge in [-0.3, -0.25) is 4.79 Å². The third kappa shape index (κ3) is 2.91. The van der Waals surface area contributed by atoms with Crippen LogP contribution in [0.3, 0.4) is 0 Å². The van der Waals surface area contributed by atoms with Crippen molar-refractivity contribution in [3.8, 4) is 0 Å². The zero-order chi connectivity index (χ0) is 13.0. The van der Waals surface area contributed by atoms with Crippen LogP contribution in [0.1, 0.15) is 23.7 Å². The average molecular weight is 268 g/mol. The van der Waals surface area contributed by atoms with E-state index in [2.05, 4.69) is 12.2 Å². The third-order valence-electron chi connectivity index (χ3n) is 3.21. The Bertz CT molecular complexity index is 422. The van der Waals surface area contributed by atoms with E-state index in [1.807, 2.05) is 12.1 Å². The monoisotopic (exact) mass is 267 g/mol. The maximum absolute atomic E-state index is 12.4. The van der Waals surface area contributed by atoms with Gasteiger partial charge in [-0.15, -0.1) is 0 Å². The first-order valence-corrected chi connectivity index (χ1v) is 6.71. The van der Waals surface area contributed by atoms with E-state index in [4.69, 9.17) is 16.3 Å². The van der Waals surface area contributed by atoms with Crippen molar-refractivity contribution in [3.63, 3.8) is 0 Å². The number of ether oxygens (including phenoxy) is 1. The lowest BCUT2D eigenvalue weighted by atomic mass is 9.93. The lowest BCUT2D eigenvalue weighted by molar-refractivity contribution is 0.0891. The van der Waals surface area contributed by atoms with E-state index in [9.17, 15) is 4.79 Å². The minimum absolute atomic E-state index is 0.0757. The van der Waals surface area contributed by atoms with Gasteiger partial charge in [0.25, 0.3) is 0 Å². The van der Waals surface area contributed by atoms with Crippen LogP contribution in [-0.2, 0) is 4.74 Å². The molecule has 1 fully saturated rings. The number of rotatable bonds is 5. The van der Waals surface area contributed by atoms with E-state index in [-0.39, 0.29) is 17.7 Å². The second-order valence-electron chi connectivity index (χ2n) is 4.55. The summed E-state index contributed by atoms with van der Waals surface area (Å²) in [6.07, 6.45) is 1.05. The number of hydrogen-bond acceptors (Lipinski definition) is 3. The molecule has 2 atom stereocenters. The molecular formula is C14H18ClNO2. The van der Waals surface area contributed by atoms with Crippen molar-refractivity contribution in [1.82, 2.24) is 5.32 Å². The van der Waals surface area contributed by atoms with E-state index in [1.54, 1.807) is 12.1 Å². The molecule has 2 rings (SSSR count). The highest BCUT2D eigenvalue weighted by atomic mass is 35.5. The van der Waals surface area contributed by atoms with Gasteiger partial charge in [0, 0.05) is 11.6 Å². The van der Waals surface area contributed by atoms with Gasteiger partial charge >= 0.3 is 0 Å². The van der Waals surface area contributed by atoms with Crippen LogP contribution in [0.15, 0.2) is 24.3 Å². The molecule has 0 aliphatic carbocycles. The SMILES string of the molecule is CCCNC1COCC1C(=O)c1ccccc1Cl. The van der Waals surface area contributed by atoms with Crippen LogP contribution in [0.5, 0.6) is 0 Å². The Labute approximate surface area is 112 Å². The number of Topliss-reactive ketones (excluding diaryl/α,β-unsaturated/α-hetero) is 1. The topological polar surface area (TPSA) is 38.3 Å². The molecule has 0 radical (unpaired) electrons. The molecule has 98 valence electrons. The molecule has 0 spiro atoms. The summed E-state index contributed by atoms with van der Waals surface area (Å²) in [6, 6.07) is 7.30. The predicted molar refractivity (Wildman–Crippen MR) is 72.2 cm³/mol. The van der Waals surface area contributed by atoms with Crippen LogP contribution in [0, 0.1) is 5.92 Å². The summed E-state index contributed by atoms with van der Waals surface area (Å²) in [5, 5.41) is 3.88. The lowest BCUT2D eigenvalue weighted by Crippen LogP contribution is -2.39. The van der Waals surface area contributed by atoms with Crippen molar-refractivity contribution < 1.29 is 9.53 Å². The van der Waals surface area contributed by atoms with Gasteiger partial charge in [-0.05, 0) is 25.1 Å². The Hall–Kier alpha value is -0.900. The van der Waals surface area contributed by atoms with E-state index >= 15 is 0 Å². The van der Waals surface area contributed by atoms with Crippen LogP contribution in [-0.4, -0.2) is 31.6 Å². The van der Waals surface area contributed by atoms with Crippen molar-refractivity contribution in [3.05, 3.63) is 34.9 Å². The first-order chi connectivity index (χ1) is 8.74. The van der Waals surface area contributed by atoms with Gasteiger partial charge in [0.05, 0.1) is 24.2 Å². The first-order valence-electron chi connectivity index (χ1n) is 6.34. The Morgan fingerprint density at radius 3 is 2.94 bits per heavy atom. The Morgan fingerprint density at radius 2 is 2.22 bits per heavy atom. The second kappa shape index (κ2) is 6.32. The van der Waals surface area contributed by atoms with Gasteiger partial charge in [-0.2, -0.15) is 0 Å². The van der Waals surface area contributed by atoms with E-state index < -0.39 is 0 Å². The summed E-state index contributed by atoms with van der Waals surface area (Å²) in [4.78, 5) is 12.4. The largest absolute Gasteiger partial charge is 0.379 e. The molecule has 1 heterocycles. The molecule has 1 aromatic carbocycles. The molecule has 0 bridgehead atoms. The molecule has 0 aromatic heterocycles. The molecule has 3 nitrogen and oxygen atoms in total. The summed E-state index contributed by atoms with van der Waals surface area (Å²) in [5.41, 5.74) is 0.595. The fourth-order valence-corrected chi connectivity index (χ4v) is 2.43. The van der Waals surface area contributed by atoms with E-state index in [0.29, 0.717) is 23.8 Å². The van der Waals surface area contributed by atoms with Gasteiger partial charge in [-0.25, -0.2) is 0 Å². The van der Waals surface area contributed by atoms with Gasteiger partial charge < -0.3 is 10.1 Å². The Balaban J connectivity index is 2.10. The number of ketones is 1. The predicted octanol–water partition coefficient (Wildman–Crippen LogP) is 2.54. The molecule has 1 N–H and O–H groups in total. The maximum Gasteiger partial charge on any atom is 0.171 e. The molecule has 1 aromatic rings. The molecule has 4 heteroatoms. The van der Waals surface area contributed by atoms with E-state index in [0.717, 1.165) is 13.0 Å². The average Bonchev–Trinajstić information content (AvgIpc) is 2.84. The second-order valence-corrected chi connectivity index (χ2v) is 4.96. The van der Waals surface area contributed by atoms with Crippen molar-refractivity contribution in [2.75, 3.05) is 19.8 Å². The summed E-state index contributed by atoms with van der Waals surface area (Å²) in [7, 11) is 0. The summed E-state index contributed by atoms with van der Waals surface area (Å²) < 4.78 is 5.42. The molecule has 0 amide bonds. The van der Waals surface area contributed by atoms with Crippen LogP contribution in [0.2, 0.25) is 5.02 Å². The minimum Gasteiger partial charge on any atom is -0.379 e. The highest BCUT2D eigenvalue weighted by molar-refractivity contribution is 6.34. The number of carbonyl (C=O) groups is 1. The molecule has 2 unspecified atom stereocenters. The smallest absolute Gasteiger partial charge is 0.171 e. The van der Waals surface area contributed by atoms with Crippen molar-refractivity contribution in [2.45, 2.75) is 19.4 Å². The fraction of sp³-hybridized carbons (Fsp3) is 0.500. The van der Waals surface area contributed by atoms with Crippen LogP contribution < -0.4 is 5.32 Å². The number of carbonyl (C=O) groups excluding carboxylic acids is 1. The quantitative estimate of drug-likeness (QED) is 0.834. The zero-order valence-electron chi connectivity index (χ0n) is 10.5. The van der Waals surface area contributed by atoms with Crippen molar-refractivity contribution >= 4 is 17.4 Å². The molecule has 1 saturated heterocycles. The normalized spacial score (nSPS) is 23.2. The van der Waals surface area contributed by atoms with Gasteiger partial charge in [0.1, 0.15) is 0 Å².